The zero-order valence-corrected chi connectivity index (χ0v) is 14.6. The molecule has 0 aliphatic carbocycles. The zero-order chi connectivity index (χ0) is 16.1. The van der Waals surface area contributed by atoms with E-state index in [9.17, 15) is 14.9 Å². The normalized spacial score (nSPS) is 10.3. The van der Waals surface area contributed by atoms with Crippen molar-refractivity contribution in [3.8, 4) is 0 Å². The number of benzene rings is 2. The SMILES string of the molecule is CCOC(=O)c1ccc(Sc2ccc([N+](=O)[O-])cc2I)cc1. The maximum Gasteiger partial charge on any atom is 0.338 e. The van der Waals surface area contributed by atoms with Gasteiger partial charge in [-0.25, -0.2) is 4.79 Å². The first-order valence-electron chi connectivity index (χ1n) is 6.40. The smallest absolute Gasteiger partial charge is 0.338 e. The molecule has 2 rings (SSSR count). The molecule has 0 amide bonds. The Labute approximate surface area is 145 Å². The Kier molecular flexibility index (Phi) is 5.78. The van der Waals surface area contributed by atoms with Gasteiger partial charge in [0, 0.05) is 25.5 Å². The summed E-state index contributed by atoms with van der Waals surface area (Å²) in [6.07, 6.45) is 0. The molecule has 0 saturated heterocycles. The second-order valence-electron chi connectivity index (χ2n) is 4.22. The molecule has 22 heavy (non-hydrogen) atoms. The third kappa shape index (κ3) is 4.20. The van der Waals surface area contributed by atoms with Gasteiger partial charge in [-0.05, 0) is 59.8 Å². The van der Waals surface area contributed by atoms with E-state index in [1.165, 1.54) is 23.9 Å². The van der Waals surface area contributed by atoms with Gasteiger partial charge in [0.2, 0.25) is 0 Å². The molecule has 0 unspecified atom stereocenters. The highest BCUT2D eigenvalue weighted by Crippen LogP contribution is 2.33. The summed E-state index contributed by atoms with van der Waals surface area (Å²) < 4.78 is 5.74. The minimum absolute atomic E-state index is 0.0754. The summed E-state index contributed by atoms with van der Waals surface area (Å²) in [7, 11) is 0. The van der Waals surface area contributed by atoms with E-state index in [1.807, 2.05) is 12.1 Å². The van der Waals surface area contributed by atoms with Gasteiger partial charge in [-0.1, -0.05) is 11.8 Å². The molecule has 0 N–H and O–H groups in total. The lowest BCUT2D eigenvalue weighted by atomic mass is 10.2. The number of carbonyl (C=O) groups is 1. The van der Waals surface area contributed by atoms with Crippen molar-refractivity contribution >= 4 is 46.0 Å². The number of ether oxygens (including phenoxy) is 1. The van der Waals surface area contributed by atoms with Crippen LogP contribution in [-0.2, 0) is 4.74 Å². The van der Waals surface area contributed by atoms with E-state index in [0.29, 0.717) is 12.2 Å². The Morgan fingerprint density at radius 2 is 1.95 bits per heavy atom. The lowest BCUT2D eigenvalue weighted by Gasteiger charge is -2.06. The minimum atomic E-state index is -0.412. The molecule has 0 saturated carbocycles. The molecule has 0 aromatic heterocycles. The quantitative estimate of drug-likeness (QED) is 0.303. The van der Waals surface area contributed by atoms with Crippen LogP contribution in [0.5, 0.6) is 0 Å². The van der Waals surface area contributed by atoms with Crippen LogP contribution in [0, 0.1) is 13.7 Å². The van der Waals surface area contributed by atoms with E-state index in [1.54, 1.807) is 25.1 Å². The van der Waals surface area contributed by atoms with Crippen molar-refractivity contribution < 1.29 is 14.5 Å². The van der Waals surface area contributed by atoms with Gasteiger partial charge in [-0.15, -0.1) is 0 Å². The molecule has 0 aliphatic heterocycles. The van der Waals surface area contributed by atoms with Crippen LogP contribution in [0.4, 0.5) is 5.69 Å². The molecule has 0 atom stereocenters. The van der Waals surface area contributed by atoms with Crippen molar-refractivity contribution in [2.75, 3.05) is 6.61 Å². The zero-order valence-electron chi connectivity index (χ0n) is 11.6. The van der Waals surface area contributed by atoms with E-state index in [-0.39, 0.29) is 11.7 Å². The molecular formula is C15H12INO4S. The fourth-order valence-electron chi connectivity index (χ4n) is 1.69. The predicted molar refractivity (Wildman–Crippen MR) is 92.3 cm³/mol. The fraction of sp³-hybridized carbons (Fsp3) is 0.133. The summed E-state index contributed by atoms with van der Waals surface area (Å²) in [5.74, 6) is -0.344. The summed E-state index contributed by atoms with van der Waals surface area (Å²) >= 11 is 3.56. The van der Waals surface area contributed by atoms with Crippen LogP contribution in [0.2, 0.25) is 0 Å². The second-order valence-corrected chi connectivity index (χ2v) is 6.50. The van der Waals surface area contributed by atoms with Gasteiger partial charge >= 0.3 is 5.97 Å². The van der Waals surface area contributed by atoms with Gasteiger partial charge in [0.1, 0.15) is 0 Å². The van der Waals surface area contributed by atoms with E-state index in [2.05, 4.69) is 22.6 Å². The first kappa shape index (κ1) is 16.8. The van der Waals surface area contributed by atoms with Gasteiger partial charge in [0.05, 0.1) is 17.1 Å². The van der Waals surface area contributed by atoms with E-state index < -0.39 is 4.92 Å². The highest BCUT2D eigenvalue weighted by atomic mass is 127. The molecule has 0 spiro atoms. The average molecular weight is 429 g/mol. The topological polar surface area (TPSA) is 69.4 Å². The minimum Gasteiger partial charge on any atom is -0.462 e. The Hall–Kier alpha value is -1.61. The summed E-state index contributed by atoms with van der Waals surface area (Å²) in [6, 6.07) is 11.8. The van der Waals surface area contributed by atoms with Crippen LogP contribution in [0.3, 0.4) is 0 Å². The lowest BCUT2D eigenvalue weighted by molar-refractivity contribution is -0.385. The molecule has 2 aromatic carbocycles. The molecule has 0 fully saturated rings. The number of nitro groups is 1. The summed E-state index contributed by atoms with van der Waals surface area (Å²) in [5.41, 5.74) is 0.580. The molecule has 7 heteroatoms. The van der Waals surface area contributed by atoms with Crippen LogP contribution in [-0.4, -0.2) is 17.5 Å². The van der Waals surface area contributed by atoms with Crippen molar-refractivity contribution in [2.45, 2.75) is 16.7 Å². The maximum atomic E-state index is 11.6. The molecule has 5 nitrogen and oxygen atoms in total. The van der Waals surface area contributed by atoms with Gasteiger partial charge < -0.3 is 4.74 Å². The van der Waals surface area contributed by atoms with Crippen LogP contribution in [0.25, 0.3) is 0 Å². The van der Waals surface area contributed by atoms with Gasteiger partial charge in [-0.2, -0.15) is 0 Å². The Morgan fingerprint density at radius 3 is 2.50 bits per heavy atom. The van der Waals surface area contributed by atoms with E-state index in [0.717, 1.165) is 13.4 Å². The van der Waals surface area contributed by atoms with Crippen LogP contribution in [0.15, 0.2) is 52.3 Å². The Bertz CT molecular complexity index is 703. The summed E-state index contributed by atoms with van der Waals surface area (Å²) in [6.45, 7) is 2.11. The standard InChI is InChI=1S/C15H12INO4S/c1-2-21-15(18)10-3-6-12(7-4-10)22-14-8-5-11(17(19)20)9-13(14)16/h3-9H,2H2,1H3. The van der Waals surface area contributed by atoms with Crippen LogP contribution < -0.4 is 0 Å². The van der Waals surface area contributed by atoms with Crippen molar-refractivity contribution in [2.24, 2.45) is 0 Å². The molecule has 0 bridgehead atoms. The van der Waals surface area contributed by atoms with Crippen molar-refractivity contribution in [3.63, 3.8) is 0 Å². The third-order valence-electron chi connectivity index (χ3n) is 2.72. The van der Waals surface area contributed by atoms with E-state index >= 15 is 0 Å². The largest absolute Gasteiger partial charge is 0.462 e. The molecule has 2 aromatic rings. The lowest BCUT2D eigenvalue weighted by Crippen LogP contribution is -2.03. The second kappa shape index (κ2) is 7.59. The van der Waals surface area contributed by atoms with E-state index in [4.69, 9.17) is 4.74 Å². The van der Waals surface area contributed by atoms with Gasteiger partial charge in [-0.3, -0.25) is 10.1 Å². The van der Waals surface area contributed by atoms with Crippen molar-refractivity contribution in [1.29, 1.82) is 0 Å². The fourth-order valence-corrected chi connectivity index (χ4v) is 3.33. The number of rotatable bonds is 5. The number of halogens is 1. The maximum absolute atomic E-state index is 11.6. The molecule has 0 heterocycles. The monoisotopic (exact) mass is 429 g/mol. The number of hydrogen-bond acceptors (Lipinski definition) is 5. The van der Waals surface area contributed by atoms with Crippen LogP contribution in [0.1, 0.15) is 17.3 Å². The first-order valence-corrected chi connectivity index (χ1v) is 8.29. The number of hydrogen-bond donors (Lipinski definition) is 0. The average Bonchev–Trinajstić information content (AvgIpc) is 2.50. The molecule has 0 radical (unpaired) electrons. The van der Waals surface area contributed by atoms with Crippen molar-refractivity contribution in [1.82, 2.24) is 0 Å². The highest BCUT2D eigenvalue weighted by molar-refractivity contribution is 14.1. The number of esters is 1. The van der Waals surface area contributed by atoms with Gasteiger partial charge in [0.25, 0.3) is 5.69 Å². The molecular weight excluding hydrogens is 417 g/mol. The number of nitrogens with zero attached hydrogens (tertiary/aromatic N) is 1. The predicted octanol–water partition coefficient (Wildman–Crippen LogP) is 4.53. The Balaban J connectivity index is 2.14. The van der Waals surface area contributed by atoms with Gasteiger partial charge in [0.15, 0.2) is 0 Å². The third-order valence-corrected chi connectivity index (χ3v) is 5.06. The van der Waals surface area contributed by atoms with Crippen LogP contribution >= 0.6 is 34.4 Å². The highest BCUT2D eigenvalue weighted by Gasteiger charge is 2.11. The van der Waals surface area contributed by atoms with Crippen molar-refractivity contribution in [3.05, 3.63) is 61.7 Å². The number of non-ortho nitro benzene ring substituents is 1. The first-order chi connectivity index (χ1) is 10.5. The molecule has 114 valence electrons. The summed E-state index contributed by atoms with van der Waals surface area (Å²) in [5, 5.41) is 10.7. The molecule has 0 aliphatic rings. The number of carbonyl (C=O) groups excluding carboxylic acids is 1. The number of nitro benzene ring substituents is 1. The summed E-state index contributed by atoms with van der Waals surface area (Å²) in [4.78, 5) is 23.8. The Morgan fingerprint density at radius 1 is 1.27 bits per heavy atom.